The Morgan fingerprint density at radius 3 is 2.60 bits per heavy atom. The van der Waals surface area contributed by atoms with Crippen LogP contribution in [0.2, 0.25) is 0 Å². The number of esters is 1. The summed E-state index contributed by atoms with van der Waals surface area (Å²) in [4.78, 5) is 29.0. The second kappa shape index (κ2) is 6.68. The van der Waals surface area contributed by atoms with Gasteiger partial charge in [0.25, 0.3) is 0 Å². The molecule has 5 nitrogen and oxygen atoms in total. The van der Waals surface area contributed by atoms with Gasteiger partial charge in [-0.2, -0.15) is 0 Å². The number of carbonyl (C=O) groups is 1. The minimum Gasteiger partial charge on any atom is -0.464 e. The summed E-state index contributed by atoms with van der Waals surface area (Å²) in [7, 11) is 1.23. The molecule has 25 heavy (non-hydrogen) atoms. The smallest absolute Gasteiger partial charge is 0.355 e. The molecule has 3 aromatic rings. The quantitative estimate of drug-likeness (QED) is 0.542. The van der Waals surface area contributed by atoms with Crippen molar-refractivity contribution in [2.24, 2.45) is 4.99 Å². The molecule has 0 bridgehead atoms. The predicted molar refractivity (Wildman–Crippen MR) is 94.1 cm³/mol. The number of pyridine rings is 1. The molecule has 2 aromatic carbocycles. The number of halogens is 1. The van der Waals surface area contributed by atoms with Crippen LogP contribution in [-0.2, 0) is 11.3 Å². The second-order valence-electron chi connectivity index (χ2n) is 5.36. The van der Waals surface area contributed by atoms with Crippen molar-refractivity contribution in [3.8, 4) is 5.69 Å². The van der Waals surface area contributed by atoms with Gasteiger partial charge in [-0.25, -0.2) is 9.18 Å². The predicted octanol–water partition coefficient (Wildman–Crippen LogP) is 3.12. The van der Waals surface area contributed by atoms with E-state index in [0.717, 1.165) is 0 Å². The molecule has 0 saturated carbocycles. The third-order valence-electron chi connectivity index (χ3n) is 3.89. The van der Waals surface area contributed by atoms with Crippen molar-refractivity contribution in [3.63, 3.8) is 0 Å². The Hall–Kier alpha value is -3.28. The molecule has 0 N–H and O–H groups in total. The topological polar surface area (TPSA) is 60.7 Å². The maximum Gasteiger partial charge on any atom is 0.355 e. The van der Waals surface area contributed by atoms with Gasteiger partial charge in [0.15, 0.2) is 5.43 Å². The van der Waals surface area contributed by atoms with Gasteiger partial charge in [-0.05, 0) is 37.0 Å². The molecule has 0 spiro atoms. The average Bonchev–Trinajstić information content (AvgIpc) is 2.63. The van der Waals surface area contributed by atoms with E-state index in [0.29, 0.717) is 5.69 Å². The lowest BCUT2D eigenvalue weighted by Crippen LogP contribution is -2.24. The van der Waals surface area contributed by atoms with Crippen molar-refractivity contribution in [1.82, 2.24) is 4.57 Å². The standard InChI is InChI=1S/C19H15FN2O3/c1-21-11-15-17(19(24)25-2)22(13-6-4-3-5-7-13)16-10-12(20)8-9-14(16)18(15)23/h3-10H,1,11H2,2H3. The van der Waals surface area contributed by atoms with Crippen LogP contribution < -0.4 is 5.43 Å². The number of benzene rings is 2. The number of fused-ring (bicyclic) bond motifs is 1. The fourth-order valence-electron chi connectivity index (χ4n) is 2.82. The molecule has 0 radical (unpaired) electrons. The molecule has 0 aliphatic heterocycles. The maximum absolute atomic E-state index is 13.9. The monoisotopic (exact) mass is 338 g/mol. The molecule has 0 aliphatic carbocycles. The number of hydrogen-bond acceptors (Lipinski definition) is 4. The van der Waals surface area contributed by atoms with Crippen LogP contribution in [0.4, 0.5) is 4.39 Å². The summed E-state index contributed by atoms with van der Waals surface area (Å²) in [6.45, 7) is 3.36. The first kappa shape index (κ1) is 16.6. The van der Waals surface area contributed by atoms with Crippen LogP contribution in [-0.4, -0.2) is 24.4 Å². The van der Waals surface area contributed by atoms with Crippen molar-refractivity contribution < 1.29 is 13.9 Å². The average molecular weight is 338 g/mol. The summed E-state index contributed by atoms with van der Waals surface area (Å²) < 4.78 is 20.3. The van der Waals surface area contributed by atoms with Crippen LogP contribution in [0, 0.1) is 5.82 Å². The molecular formula is C19H15FN2O3. The Kier molecular flexibility index (Phi) is 4.43. The maximum atomic E-state index is 13.9. The fraction of sp³-hybridized carbons (Fsp3) is 0.105. The number of aliphatic imine (C=N–C) groups is 1. The van der Waals surface area contributed by atoms with E-state index in [9.17, 15) is 14.0 Å². The van der Waals surface area contributed by atoms with Crippen molar-refractivity contribution in [2.75, 3.05) is 7.11 Å². The molecule has 3 rings (SSSR count). The van der Waals surface area contributed by atoms with E-state index >= 15 is 0 Å². The van der Waals surface area contributed by atoms with Gasteiger partial charge in [-0.1, -0.05) is 18.2 Å². The van der Waals surface area contributed by atoms with E-state index in [1.54, 1.807) is 24.3 Å². The summed E-state index contributed by atoms with van der Waals surface area (Å²) in [6, 6.07) is 12.7. The van der Waals surface area contributed by atoms with Gasteiger partial charge in [-0.15, -0.1) is 0 Å². The Balaban J connectivity index is 2.58. The van der Waals surface area contributed by atoms with Crippen LogP contribution >= 0.6 is 0 Å². The first-order valence-corrected chi connectivity index (χ1v) is 7.52. The number of aromatic nitrogens is 1. The zero-order chi connectivity index (χ0) is 18.0. The lowest BCUT2D eigenvalue weighted by molar-refractivity contribution is 0.0590. The summed E-state index contributed by atoms with van der Waals surface area (Å²) in [5.74, 6) is -1.22. The van der Waals surface area contributed by atoms with Gasteiger partial charge < -0.3 is 9.30 Å². The number of para-hydroxylation sites is 1. The van der Waals surface area contributed by atoms with Crippen LogP contribution in [0.5, 0.6) is 0 Å². The molecule has 1 aromatic heterocycles. The van der Waals surface area contributed by atoms with Crippen molar-refractivity contribution in [3.05, 3.63) is 75.8 Å². The third-order valence-corrected chi connectivity index (χ3v) is 3.89. The molecular weight excluding hydrogens is 323 g/mol. The molecule has 0 unspecified atom stereocenters. The van der Waals surface area contributed by atoms with Gasteiger partial charge in [0.1, 0.15) is 11.5 Å². The van der Waals surface area contributed by atoms with Crippen LogP contribution in [0.25, 0.3) is 16.6 Å². The Morgan fingerprint density at radius 2 is 1.96 bits per heavy atom. The first-order valence-electron chi connectivity index (χ1n) is 7.52. The van der Waals surface area contributed by atoms with Crippen molar-refractivity contribution >= 4 is 23.6 Å². The highest BCUT2D eigenvalue weighted by Gasteiger charge is 2.23. The Morgan fingerprint density at radius 1 is 1.24 bits per heavy atom. The summed E-state index contributed by atoms with van der Waals surface area (Å²) in [5.41, 5.74) is 0.664. The molecule has 0 fully saturated rings. The fourth-order valence-corrected chi connectivity index (χ4v) is 2.82. The highest BCUT2D eigenvalue weighted by atomic mass is 19.1. The van der Waals surface area contributed by atoms with Crippen molar-refractivity contribution in [1.29, 1.82) is 0 Å². The minimum atomic E-state index is -0.703. The molecule has 6 heteroatoms. The summed E-state index contributed by atoms with van der Waals surface area (Å²) >= 11 is 0. The van der Waals surface area contributed by atoms with E-state index in [4.69, 9.17) is 4.74 Å². The van der Waals surface area contributed by atoms with Gasteiger partial charge in [-0.3, -0.25) is 9.79 Å². The minimum absolute atomic E-state index is 0.0178. The van der Waals surface area contributed by atoms with E-state index in [1.807, 2.05) is 6.07 Å². The van der Waals surface area contributed by atoms with E-state index < -0.39 is 17.2 Å². The molecule has 0 saturated heterocycles. The van der Waals surface area contributed by atoms with Gasteiger partial charge in [0, 0.05) is 11.1 Å². The zero-order valence-electron chi connectivity index (χ0n) is 13.5. The van der Waals surface area contributed by atoms with E-state index in [2.05, 4.69) is 11.7 Å². The van der Waals surface area contributed by atoms with Gasteiger partial charge in [0.2, 0.25) is 0 Å². The highest BCUT2D eigenvalue weighted by molar-refractivity contribution is 5.95. The largest absolute Gasteiger partial charge is 0.464 e. The van der Waals surface area contributed by atoms with Crippen LogP contribution in [0.3, 0.4) is 0 Å². The van der Waals surface area contributed by atoms with Crippen LogP contribution in [0.15, 0.2) is 58.3 Å². The van der Waals surface area contributed by atoms with Gasteiger partial charge >= 0.3 is 5.97 Å². The zero-order valence-corrected chi connectivity index (χ0v) is 13.5. The Labute approximate surface area is 143 Å². The molecule has 0 aliphatic rings. The third kappa shape index (κ3) is 2.82. The normalized spacial score (nSPS) is 10.6. The van der Waals surface area contributed by atoms with E-state index in [-0.39, 0.29) is 28.7 Å². The molecule has 1 heterocycles. The highest BCUT2D eigenvalue weighted by Crippen LogP contribution is 2.24. The number of rotatable bonds is 4. The number of nitrogens with zero attached hydrogens (tertiary/aromatic N) is 2. The first-order chi connectivity index (χ1) is 12.1. The number of methoxy groups -OCH3 is 1. The second-order valence-corrected chi connectivity index (χ2v) is 5.36. The lowest BCUT2D eigenvalue weighted by Gasteiger charge is -2.18. The molecule has 126 valence electrons. The summed E-state index contributed by atoms with van der Waals surface area (Å²) in [6.07, 6.45) is 0. The number of hydrogen-bond donors (Lipinski definition) is 0. The molecule has 0 amide bonds. The number of carbonyl (C=O) groups excluding carboxylic acids is 1. The number of ether oxygens (including phenoxy) is 1. The lowest BCUT2D eigenvalue weighted by atomic mass is 10.1. The van der Waals surface area contributed by atoms with E-state index in [1.165, 1.54) is 29.9 Å². The van der Waals surface area contributed by atoms with Crippen molar-refractivity contribution in [2.45, 2.75) is 6.54 Å². The summed E-state index contributed by atoms with van der Waals surface area (Å²) in [5, 5.41) is 0.288. The Bertz CT molecular complexity index is 1030. The SMILES string of the molecule is C=NCc1c(C(=O)OC)n(-c2ccccc2)c2cc(F)ccc2c1=O. The van der Waals surface area contributed by atoms with Gasteiger partial charge in [0.05, 0.1) is 24.7 Å². The molecule has 0 atom stereocenters. The van der Waals surface area contributed by atoms with Crippen LogP contribution in [0.1, 0.15) is 16.1 Å².